The maximum absolute atomic E-state index is 11.4. The minimum absolute atomic E-state index is 0. The Balaban J connectivity index is 0.000000845. The summed E-state index contributed by atoms with van der Waals surface area (Å²) in [6.07, 6.45) is 1.83. The molecule has 0 aliphatic carbocycles. The predicted molar refractivity (Wildman–Crippen MR) is 44.7 cm³/mol. The SMILES string of the molecule is CC1(C)C(=O)Nc2ccc[nH+]c21.[Br-]. The zero-order chi connectivity index (χ0) is 8.77. The second kappa shape index (κ2) is 3.10. The van der Waals surface area contributed by atoms with E-state index in [1.54, 1.807) is 0 Å². The summed E-state index contributed by atoms with van der Waals surface area (Å²) >= 11 is 0. The van der Waals surface area contributed by atoms with Crippen LogP contribution >= 0.6 is 0 Å². The van der Waals surface area contributed by atoms with E-state index >= 15 is 0 Å². The van der Waals surface area contributed by atoms with E-state index in [0.717, 1.165) is 11.4 Å². The van der Waals surface area contributed by atoms with Gasteiger partial charge in [-0.15, -0.1) is 0 Å². The molecule has 2 heterocycles. The van der Waals surface area contributed by atoms with E-state index < -0.39 is 5.41 Å². The molecule has 0 fully saturated rings. The third-order valence-electron chi connectivity index (χ3n) is 2.30. The first-order valence-electron chi connectivity index (χ1n) is 3.95. The van der Waals surface area contributed by atoms with Gasteiger partial charge in [0.15, 0.2) is 6.20 Å². The lowest BCUT2D eigenvalue weighted by molar-refractivity contribution is -0.393. The third kappa shape index (κ3) is 1.35. The number of halogens is 1. The van der Waals surface area contributed by atoms with E-state index in [4.69, 9.17) is 0 Å². The molecule has 1 aliphatic heterocycles. The van der Waals surface area contributed by atoms with Gasteiger partial charge in [0.2, 0.25) is 11.6 Å². The highest BCUT2D eigenvalue weighted by atomic mass is 79.9. The number of hydrogen-bond donors (Lipinski definition) is 1. The molecular formula is C9H11BrN2O. The lowest BCUT2D eigenvalue weighted by Gasteiger charge is -2.08. The molecule has 0 unspecified atom stereocenters. The largest absolute Gasteiger partial charge is 1.00 e. The van der Waals surface area contributed by atoms with Gasteiger partial charge in [-0.1, -0.05) is 0 Å². The van der Waals surface area contributed by atoms with Crippen molar-refractivity contribution in [2.24, 2.45) is 0 Å². The summed E-state index contributed by atoms with van der Waals surface area (Å²) in [5.41, 5.74) is 1.44. The minimum Gasteiger partial charge on any atom is -1.00 e. The number of nitrogens with one attached hydrogen (secondary N) is 2. The van der Waals surface area contributed by atoms with Gasteiger partial charge in [0.05, 0.1) is 0 Å². The molecule has 0 bridgehead atoms. The quantitative estimate of drug-likeness (QED) is 0.549. The Bertz CT molecular complexity index is 349. The number of aromatic amines is 1. The Hall–Kier alpha value is -0.900. The number of fused-ring (bicyclic) bond motifs is 1. The molecule has 0 radical (unpaired) electrons. The topological polar surface area (TPSA) is 43.2 Å². The van der Waals surface area contributed by atoms with E-state index in [0.29, 0.717) is 0 Å². The van der Waals surface area contributed by atoms with E-state index in [1.165, 1.54) is 0 Å². The van der Waals surface area contributed by atoms with Crippen LogP contribution in [0.3, 0.4) is 0 Å². The summed E-state index contributed by atoms with van der Waals surface area (Å²) in [6.45, 7) is 3.81. The smallest absolute Gasteiger partial charge is 0.240 e. The highest BCUT2D eigenvalue weighted by molar-refractivity contribution is 6.04. The number of carbonyl (C=O) groups is 1. The molecular weight excluding hydrogens is 232 g/mol. The van der Waals surface area contributed by atoms with E-state index in [9.17, 15) is 4.79 Å². The van der Waals surface area contributed by atoms with Gasteiger partial charge in [0.1, 0.15) is 11.1 Å². The molecule has 0 saturated heterocycles. The Morgan fingerprint density at radius 2 is 2.15 bits per heavy atom. The summed E-state index contributed by atoms with van der Waals surface area (Å²) in [7, 11) is 0. The molecule has 2 rings (SSSR count). The highest BCUT2D eigenvalue weighted by Crippen LogP contribution is 2.32. The van der Waals surface area contributed by atoms with Crippen molar-refractivity contribution in [3.63, 3.8) is 0 Å². The first kappa shape index (κ1) is 10.2. The van der Waals surface area contributed by atoms with Crippen LogP contribution in [0.15, 0.2) is 18.3 Å². The third-order valence-corrected chi connectivity index (χ3v) is 2.30. The zero-order valence-corrected chi connectivity index (χ0v) is 9.10. The van der Waals surface area contributed by atoms with Gasteiger partial charge in [0.25, 0.3) is 0 Å². The Labute approximate surface area is 87.3 Å². The fourth-order valence-electron chi connectivity index (χ4n) is 1.45. The normalized spacial score (nSPS) is 17.2. The van der Waals surface area contributed by atoms with Crippen molar-refractivity contribution >= 4 is 11.6 Å². The maximum atomic E-state index is 11.4. The monoisotopic (exact) mass is 242 g/mol. The first-order valence-corrected chi connectivity index (χ1v) is 3.95. The number of rotatable bonds is 0. The van der Waals surface area contributed by atoms with Crippen molar-refractivity contribution in [3.8, 4) is 0 Å². The highest BCUT2D eigenvalue weighted by Gasteiger charge is 2.43. The number of hydrogen-bond acceptors (Lipinski definition) is 1. The number of amides is 1. The second-order valence-electron chi connectivity index (χ2n) is 3.54. The van der Waals surface area contributed by atoms with Gasteiger partial charge in [-0.25, -0.2) is 4.98 Å². The standard InChI is InChI=1S/C9H10N2O.BrH/c1-9(2)7-6(11-8(9)12)4-3-5-10-7;/h3-5H,1-2H3,(H,11,12);1H. The molecule has 0 saturated carbocycles. The summed E-state index contributed by atoms with van der Waals surface area (Å²) in [4.78, 5) is 14.5. The van der Waals surface area contributed by atoms with Crippen molar-refractivity contribution in [2.75, 3.05) is 5.32 Å². The molecule has 3 nitrogen and oxygen atoms in total. The van der Waals surface area contributed by atoms with Gasteiger partial charge >= 0.3 is 0 Å². The first-order chi connectivity index (χ1) is 5.62. The molecule has 2 N–H and O–H groups in total. The van der Waals surface area contributed by atoms with Gasteiger partial charge in [-0.05, 0) is 19.9 Å². The van der Waals surface area contributed by atoms with Crippen LogP contribution in [0.2, 0.25) is 0 Å². The summed E-state index contributed by atoms with van der Waals surface area (Å²) in [5, 5.41) is 2.82. The second-order valence-corrected chi connectivity index (χ2v) is 3.54. The molecule has 0 atom stereocenters. The average Bonchev–Trinajstić information content (AvgIpc) is 2.25. The number of H-pyrrole nitrogens is 1. The van der Waals surface area contributed by atoms with Crippen molar-refractivity contribution in [2.45, 2.75) is 19.3 Å². The molecule has 1 aliphatic rings. The Morgan fingerprint density at radius 3 is 2.77 bits per heavy atom. The van der Waals surface area contributed by atoms with Crippen LogP contribution in [0, 0.1) is 0 Å². The Kier molecular flexibility index (Phi) is 2.43. The fraction of sp³-hybridized carbons (Fsp3) is 0.333. The van der Waals surface area contributed by atoms with Crippen LogP contribution in [-0.4, -0.2) is 5.91 Å². The summed E-state index contributed by atoms with van der Waals surface area (Å²) in [5.74, 6) is 0.0555. The van der Waals surface area contributed by atoms with Crippen LogP contribution in [0.5, 0.6) is 0 Å². The van der Waals surface area contributed by atoms with E-state index in [2.05, 4.69) is 10.3 Å². The maximum Gasteiger partial charge on any atom is 0.240 e. The number of pyridine rings is 1. The summed E-state index contributed by atoms with van der Waals surface area (Å²) in [6, 6.07) is 3.78. The van der Waals surface area contributed by atoms with Gasteiger partial charge in [0, 0.05) is 6.07 Å². The zero-order valence-electron chi connectivity index (χ0n) is 7.52. The molecule has 4 heteroatoms. The van der Waals surface area contributed by atoms with Crippen molar-refractivity contribution in [1.29, 1.82) is 0 Å². The molecule has 1 aromatic heterocycles. The fourth-order valence-corrected chi connectivity index (χ4v) is 1.45. The van der Waals surface area contributed by atoms with E-state index in [-0.39, 0.29) is 22.9 Å². The van der Waals surface area contributed by atoms with Crippen LogP contribution in [-0.2, 0) is 10.2 Å². The van der Waals surface area contributed by atoms with Crippen LogP contribution < -0.4 is 27.3 Å². The Morgan fingerprint density at radius 1 is 1.46 bits per heavy atom. The molecule has 1 amide bonds. The van der Waals surface area contributed by atoms with Gasteiger partial charge < -0.3 is 22.3 Å². The van der Waals surface area contributed by atoms with Gasteiger partial charge in [-0.3, -0.25) is 4.79 Å². The number of carbonyl (C=O) groups excluding carboxylic acids is 1. The lowest BCUT2D eigenvalue weighted by atomic mass is 9.90. The number of aromatic nitrogens is 1. The van der Waals surface area contributed by atoms with Crippen molar-refractivity contribution < 1.29 is 26.8 Å². The van der Waals surface area contributed by atoms with Crippen LogP contribution in [0.1, 0.15) is 19.5 Å². The molecule has 13 heavy (non-hydrogen) atoms. The molecule has 1 aromatic rings. The lowest BCUT2D eigenvalue weighted by Crippen LogP contribution is -3.00. The van der Waals surface area contributed by atoms with Crippen LogP contribution in [0.4, 0.5) is 5.69 Å². The minimum atomic E-state index is -0.420. The predicted octanol–water partition coefficient (Wildman–Crippen LogP) is -2.27. The van der Waals surface area contributed by atoms with Crippen molar-refractivity contribution in [3.05, 3.63) is 24.0 Å². The average molecular weight is 243 g/mol. The van der Waals surface area contributed by atoms with Gasteiger partial charge in [-0.2, -0.15) is 0 Å². The van der Waals surface area contributed by atoms with Crippen molar-refractivity contribution in [1.82, 2.24) is 0 Å². The molecule has 0 aromatic carbocycles. The summed E-state index contributed by atoms with van der Waals surface area (Å²) < 4.78 is 0. The molecule has 70 valence electrons. The van der Waals surface area contributed by atoms with Crippen LogP contribution in [0.25, 0.3) is 0 Å². The molecule has 0 spiro atoms. The number of anilines is 1. The van der Waals surface area contributed by atoms with E-state index in [1.807, 2.05) is 32.2 Å².